The second-order valence-corrected chi connectivity index (χ2v) is 6.08. The molecule has 23 heavy (non-hydrogen) atoms. The lowest BCUT2D eigenvalue weighted by Gasteiger charge is -2.09. The zero-order valence-electron chi connectivity index (χ0n) is 12.7. The predicted molar refractivity (Wildman–Crippen MR) is 86.0 cm³/mol. The van der Waals surface area contributed by atoms with Gasteiger partial charge in [0.2, 0.25) is 0 Å². The van der Waals surface area contributed by atoms with E-state index < -0.39 is 0 Å². The maximum atomic E-state index is 11.7. The van der Waals surface area contributed by atoms with Gasteiger partial charge in [0.15, 0.2) is 11.5 Å². The van der Waals surface area contributed by atoms with Crippen LogP contribution in [0.2, 0.25) is 0 Å². The van der Waals surface area contributed by atoms with Gasteiger partial charge in [-0.05, 0) is 38.1 Å². The van der Waals surface area contributed by atoms with Gasteiger partial charge in [-0.15, -0.1) is 10.2 Å². The third-order valence-corrected chi connectivity index (χ3v) is 4.08. The first kappa shape index (κ1) is 15.4. The Morgan fingerprint density at radius 2 is 2.22 bits per heavy atom. The maximum absolute atomic E-state index is 11.7. The fraction of sp³-hybridized carbons (Fsp3) is 0.267. The predicted octanol–water partition coefficient (Wildman–Crippen LogP) is 2.23. The maximum Gasteiger partial charge on any atom is 0.319 e. The summed E-state index contributed by atoms with van der Waals surface area (Å²) < 4.78 is 6.66. The summed E-state index contributed by atoms with van der Waals surface area (Å²) in [6.45, 7) is 3.95. The van der Waals surface area contributed by atoms with E-state index in [0.717, 1.165) is 5.56 Å². The molecule has 0 amide bonds. The SMILES string of the molecule is CCOC(=O)[C@@H](C)Sc1ccc2nnc(-c3cccnc3)n2n1. The average Bonchev–Trinajstić information content (AvgIpc) is 2.99. The molecule has 3 heterocycles. The van der Waals surface area contributed by atoms with Crippen LogP contribution in [0.25, 0.3) is 17.0 Å². The van der Waals surface area contributed by atoms with E-state index in [1.165, 1.54) is 11.8 Å². The average molecular weight is 329 g/mol. The number of rotatable bonds is 5. The monoisotopic (exact) mass is 329 g/mol. The first-order valence-electron chi connectivity index (χ1n) is 7.15. The summed E-state index contributed by atoms with van der Waals surface area (Å²) in [4.78, 5) is 15.8. The van der Waals surface area contributed by atoms with Crippen LogP contribution in [0.1, 0.15) is 13.8 Å². The summed E-state index contributed by atoms with van der Waals surface area (Å²) in [7, 11) is 0. The van der Waals surface area contributed by atoms with Gasteiger partial charge in [-0.1, -0.05) is 11.8 Å². The van der Waals surface area contributed by atoms with Crippen molar-refractivity contribution in [3.63, 3.8) is 0 Å². The molecule has 0 aliphatic carbocycles. The van der Waals surface area contributed by atoms with E-state index >= 15 is 0 Å². The van der Waals surface area contributed by atoms with Crippen LogP contribution in [0.15, 0.2) is 41.7 Å². The molecule has 118 valence electrons. The Morgan fingerprint density at radius 1 is 1.35 bits per heavy atom. The molecule has 0 saturated heterocycles. The lowest BCUT2D eigenvalue weighted by molar-refractivity contribution is -0.142. The molecule has 3 aromatic rings. The number of fused-ring (bicyclic) bond motifs is 1. The van der Waals surface area contributed by atoms with Crippen LogP contribution in [0.5, 0.6) is 0 Å². The Bertz CT molecular complexity index is 821. The summed E-state index contributed by atoms with van der Waals surface area (Å²) >= 11 is 1.34. The molecule has 7 nitrogen and oxygen atoms in total. The zero-order chi connectivity index (χ0) is 16.2. The van der Waals surface area contributed by atoms with E-state index in [1.807, 2.05) is 24.3 Å². The molecule has 0 bridgehead atoms. The molecular formula is C15H15N5O2S. The van der Waals surface area contributed by atoms with Crippen molar-refractivity contribution in [3.05, 3.63) is 36.7 Å². The highest BCUT2D eigenvalue weighted by Crippen LogP contribution is 2.23. The number of carbonyl (C=O) groups is 1. The normalized spacial score (nSPS) is 12.3. The Balaban J connectivity index is 1.91. The molecule has 0 aliphatic rings. The fourth-order valence-corrected chi connectivity index (χ4v) is 2.80. The third kappa shape index (κ3) is 3.31. The second-order valence-electron chi connectivity index (χ2n) is 4.72. The minimum absolute atomic E-state index is 0.254. The van der Waals surface area contributed by atoms with Crippen molar-refractivity contribution in [1.29, 1.82) is 0 Å². The quantitative estimate of drug-likeness (QED) is 0.524. The number of hydrogen-bond acceptors (Lipinski definition) is 7. The molecule has 1 atom stereocenters. The number of thioether (sulfide) groups is 1. The second kappa shape index (κ2) is 6.74. The van der Waals surface area contributed by atoms with Gasteiger partial charge in [0.25, 0.3) is 0 Å². The van der Waals surface area contributed by atoms with E-state index in [1.54, 1.807) is 30.8 Å². The van der Waals surface area contributed by atoms with Gasteiger partial charge in [-0.3, -0.25) is 9.78 Å². The number of hydrogen-bond donors (Lipinski definition) is 0. The molecule has 0 N–H and O–H groups in total. The number of pyridine rings is 1. The molecule has 0 spiro atoms. The van der Waals surface area contributed by atoms with E-state index in [2.05, 4.69) is 20.3 Å². The largest absolute Gasteiger partial charge is 0.465 e. The van der Waals surface area contributed by atoms with Crippen LogP contribution < -0.4 is 0 Å². The van der Waals surface area contributed by atoms with Gasteiger partial charge >= 0.3 is 5.97 Å². The number of aromatic nitrogens is 5. The lowest BCUT2D eigenvalue weighted by atomic mass is 10.3. The van der Waals surface area contributed by atoms with Crippen LogP contribution in [0.3, 0.4) is 0 Å². The van der Waals surface area contributed by atoms with Crippen molar-refractivity contribution in [2.45, 2.75) is 24.1 Å². The molecule has 0 aromatic carbocycles. The van der Waals surface area contributed by atoms with Crippen molar-refractivity contribution in [2.75, 3.05) is 6.61 Å². The summed E-state index contributed by atoms with van der Waals surface area (Å²) in [5, 5.41) is 13.1. The Kier molecular flexibility index (Phi) is 4.52. The molecule has 8 heteroatoms. The van der Waals surface area contributed by atoms with Crippen molar-refractivity contribution in [1.82, 2.24) is 24.8 Å². The van der Waals surface area contributed by atoms with Crippen LogP contribution in [-0.2, 0) is 9.53 Å². The van der Waals surface area contributed by atoms with Gasteiger partial charge in [0.05, 0.1) is 6.61 Å². The summed E-state index contributed by atoms with van der Waals surface area (Å²) in [6, 6.07) is 7.36. The summed E-state index contributed by atoms with van der Waals surface area (Å²) in [5.41, 5.74) is 1.46. The highest BCUT2D eigenvalue weighted by molar-refractivity contribution is 8.00. The Morgan fingerprint density at radius 3 is 2.96 bits per heavy atom. The lowest BCUT2D eigenvalue weighted by Crippen LogP contribution is -2.17. The molecule has 3 rings (SSSR count). The zero-order valence-corrected chi connectivity index (χ0v) is 13.5. The molecular weight excluding hydrogens is 314 g/mol. The highest BCUT2D eigenvalue weighted by atomic mass is 32.2. The molecule has 0 saturated carbocycles. The van der Waals surface area contributed by atoms with Crippen LogP contribution >= 0.6 is 11.8 Å². The van der Waals surface area contributed by atoms with Gasteiger partial charge in [-0.25, -0.2) is 0 Å². The third-order valence-electron chi connectivity index (χ3n) is 3.07. The van der Waals surface area contributed by atoms with E-state index in [9.17, 15) is 4.79 Å². The van der Waals surface area contributed by atoms with Gasteiger partial charge in [0, 0.05) is 18.0 Å². The standard InChI is InChI=1S/C15H15N5O2S/c1-3-22-15(21)10(2)23-13-7-6-12-17-18-14(20(12)19-13)11-5-4-8-16-9-11/h4-10H,3H2,1-2H3/t10-/m1/s1. The van der Waals surface area contributed by atoms with Crippen molar-refractivity contribution >= 4 is 23.4 Å². The number of nitrogens with zero attached hydrogens (tertiary/aromatic N) is 5. The molecule has 0 aliphatic heterocycles. The van der Waals surface area contributed by atoms with Crippen molar-refractivity contribution in [2.24, 2.45) is 0 Å². The van der Waals surface area contributed by atoms with E-state index in [0.29, 0.717) is 23.1 Å². The summed E-state index contributed by atoms with van der Waals surface area (Å²) in [6.07, 6.45) is 3.40. The highest BCUT2D eigenvalue weighted by Gasteiger charge is 2.17. The topological polar surface area (TPSA) is 82.3 Å². The van der Waals surface area contributed by atoms with Gasteiger partial charge in [-0.2, -0.15) is 9.61 Å². The molecule has 0 fully saturated rings. The van der Waals surface area contributed by atoms with Crippen molar-refractivity contribution < 1.29 is 9.53 Å². The van der Waals surface area contributed by atoms with E-state index in [-0.39, 0.29) is 11.2 Å². The van der Waals surface area contributed by atoms with E-state index in [4.69, 9.17) is 4.74 Å². The first-order valence-corrected chi connectivity index (χ1v) is 8.03. The minimum Gasteiger partial charge on any atom is -0.465 e. The molecule has 0 unspecified atom stereocenters. The summed E-state index contributed by atoms with van der Waals surface area (Å²) in [5.74, 6) is 0.356. The number of esters is 1. The minimum atomic E-state index is -0.335. The van der Waals surface area contributed by atoms with Crippen LogP contribution in [-0.4, -0.2) is 42.6 Å². The Hall–Kier alpha value is -2.48. The first-order chi connectivity index (χ1) is 11.2. The van der Waals surface area contributed by atoms with Crippen molar-refractivity contribution in [3.8, 4) is 11.4 Å². The van der Waals surface area contributed by atoms with Crippen LogP contribution in [0.4, 0.5) is 0 Å². The molecule has 3 aromatic heterocycles. The smallest absolute Gasteiger partial charge is 0.319 e. The number of carbonyl (C=O) groups excluding carboxylic acids is 1. The fourth-order valence-electron chi connectivity index (χ4n) is 2.00. The van der Waals surface area contributed by atoms with Crippen LogP contribution in [0, 0.1) is 0 Å². The molecule has 0 radical (unpaired) electrons. The van der Waals surface area contributed by atoms with Gasteiger partial charge < -0.3 is 4.74 Å². The van der Waals surface area contributed by atoms with Gasteiger partial charge in [0.1, 0.15) is 10.3 Å². The Labute approximate surface area is 137 Å². The number of ether oxygens (including phenoxy) is 1.